The van der Waals surface area contributed by atoms with Gasteiger partial charge in [0.05, 0.1) is 6.42 Å². The Labute approximate surface area is 99.8 Å². The fraction of sp³-hybridized carbons (Fsp3) is 0.333. The van der Waals surface area contributed by atoms with Gasteiger partial charge in [0.25, 0.3) is 0 Å². The molecule has 0 aliphatic carbocycles. The smallest absolute Gasteiger partial charge is 0.303 e. The van der Waals surface area contributed by atoms with E-state index >= 15 is 0 Å². The van der Waals surface area contributed by atoms with E-state index < -0.39 is 5.97 Å². The molecule has 0 saturated heterocycles. The van der Waals surface area contributed by atoms with Crippen LogP contribution in [0.2, 0.25) is 0 Å². The molecule has 0 bridgehead atoms. The highest BCUT2D eigenvalue weighted by molar-refractivity contribution is 5.93. The Morgan fingerprint density at radius 2 is 1.88 bits per heavy atom. The van der Waals surface area contributed by atoms with E-state index in [0.29, 0.717) is 0 Å². The van der Waals surface area contributed by atoms with E-state index in [2.05, 4.69) is 5.32 Å². The number of amides is 1. The molecule has 0 unspecified atom stereocenters. The second-order valence-corrected chi connectivity index (χ2v) is 3.76. The summed E-state index contributed by atoms with van der Waals surface area (Å²) in [6.45, 7) is 3.83. The van der Waals surface area contributed by atoms with Crippen LogP contribution < -0.4 is 5.32 Å². The standard InChI is InChI=1S/C12H15NO3.H2O/c1-8-3-4-9(2)10(7-8)13-11(14)5-6-12(15)16;/h3-4,7H,5-6H2,1-2H3,(H,13,14)(H,15,16);1H2. The molecule has 17 heavy (non-hydrogen) atoms. The second-order valence-electron chi connectivity index (χ2n) is 3.76. The van der Waals surface area contributed by atoms with E-state index in [1.54, 1.807) is 0 Å². The molecule has 0 radical (unpaired) electrons. The number of carboxylic acids is 1. The van der Waals surface area contributed by atoms with Gasteiger partial charge in [0.15, 0.2) is 0 Å². The van der Waals surface area contributed by atoms with Gasteiger partial charge in [-0.2, -0.15) is 0 Å². The Kier molecular flexibility index (Phi) is 5.91. The lowest BCUT2D eigenvalue weighted by atomic mass is 10.1. The van der Waals surface area contributed by atoms with Crippen molar-refractivity contribution in [2.75, 3.05) is 5.32 Å². The normalized spacial score (nSPS) is 9.29. The minimum absolute atomic E-state index is 0. The van der Waals surface area contributed by atoms with Gasteiger partial charge in [0, 0.05) is 12.1 Å². The van der Waals surface area contributed by atoms with E-state index in [0.717, 1.165) is 16.8 Å². The zero-order valence-electron chi connectivity index (χ0n) is 9.91. The number of anilines is 1. The Hall–Kier alpha value is -1.88. The van der Waals surface area contributed by atoms with Crippen molar-refractivity contribution in [1.29, 1.82) is 0 Å². The molecule has 0 aliphatic heterocycles. The zero-order chi connectivity index (χ0) is 12.1. The van der Waals surface area contributed by atoms with Crippen LogP contribution in [0.5, 0.6) is 0 Å². The summed E-state index contributed by atoms with van der Waals surface area (Å²) in [7, 11) is 0. The third-order valence-corrected chi connectivity index (χ3v) is 2.23. The van der Waals surface area contributed by atoms with Crippen LogP contribution in [-0.2, 0) is 9.59 Å². The third kappa shape index (κ3) is 5.12. The summed E-state index contributed by atoms with van der Waals surface area (Å²) in [5.74, 6) is -1.23. The molecular formula is C12H17NO4. The number of benzene rings is 1. The third-order valence-electron chi connectivity index (χ3n) is 2.23. The molecule has 0 aliphatic rings. The Bertz CT molecular complexity index is 415. The number of nitrogens with one attached hydrogen (secondary N) is 1. The number of carboxylic acid groups (broad SMARTS) is 1. The van der Waals surface area contributed by atoms with Crippen LogP contribution in [-0.4, -0.2) is 22.5 Å². The SMILES string of the molecule is Cc1ccc(C)c(NC(=O)CCC(=O)O)c1.O. The summed E-state index contributed by atoms with van der Waals surface area (Å²) in [5.41, 5.74) is 2.77. The molecule has 1 amide bonds. The minimum Gasteiger partial charge on any atom is -0.481 e. The first-order chi connectivity index (χ1) is 7.49. The first-order valence-corrected chi connectivity index (χ1v) is 5.08. The van der Waals surface area contributed by atoms with Crippen LogP contribution >= 0.6 is 0 Å². The van der Waals surface area contributed by atoms with Crippen molar-refractivity contribution in [3.63, 3.8) is 0 Å². The summed E-state index contributed by atoms with van der Waals surface area (Å²) >= 11 is 0. The molecular weight excluding hydrogens is 222 g/mol. The Morgan fingerprint density at radius 1 is 1.24 bits per heavy atom. The highest BCUT2D eigenvalue weighted by Crippen LogP contribution is 2.16. The van der Waals surface area contributed by atoms with Crippen molar-refractivity contribution in [3.8, 4) is 0 Å². The van der Waals surface area contributed by atoms with Crippen molar-refractivity contribution in [1.82, 2.24) is 0 Å². The fourth-order valence-electron chi connectivity index (χ4n) is 1.30. The zero-order valence-corrected chi connectivity index (χ0v) is 9.91. The predicted molar refractivity (Wildman–Crippen MR) is 65.0 cm³/mol. The minimum atomic E-state index is -0.962. The first-order valence-electron chi connectivity index (χ1n) is 5.08. The van der Waals surface area contributed by atoms with Gasteiger partial charge in [-0.1, -0.05) is 12.1 Å². The summed E-state index contributed by atoms with van der Waals surface area (Å²) in [6, 6.07) is 5.75. The molecule has 5 nitrogen and oxygen atoms in total. The van der Waals surface area contributed by atoms with Gasteiger partial charge in [-0.25, -0.2) is 0 Å². The van der Waals surface area contributed by atoms with E-state index in [1.165, 1.54) is 0 Å². The van der Waals surface area contributed by atoms with Crippen molar-refractivity contribution in [2.45, 2.75) is 26.7 Å². The van der Waals surface area contributed by atoms with E-state index in [1.807, 2.05) is 32.0 Å². The van der Waals surface area contributed by atoms with Crippen molar-refractivity contribution in [3.05, 3.63) is 29.3 Å². The first kappa shape index (κ1) is 15.1. The maximum Gasteiger partial charge on any atom is 0.303 e. The number of hydrogen-bond acceptors (Lipinski definition) is 2. The molecule has 0 fully saturated rings. The van der Waals surface area contributed by atoms with Gasteiger partial charge in [0.1, 0.15) is 0 Å². The van der Waals surface area contributed by atoms with Crippen LogP contribution in [0.3, 0.4) is 0 Å². The molecule has 0 aromatic heterocycles. The van der Waals surface area contributed by atoms with Crippen LogP contribution in [0.15, 0.2) is 18.2 Å². The number of rotatable bonds is 4. The average Bonchev–Trinajstić information content (AvgIpc) is 2.20. The average molecular weight is 239 g/mol. The maximum atomic E-state index is 11.4. The van der Waals surface area contributed by atoms with Crippen LogP contribution in [0, 0.1) is 13.8 Å². The van der Waals surface area contributed by atoms with Gasteiger partial charge in [0.2, 0.25) is 5.91 Å². The van der Waals surface area contributed by atoms with Crippen LogP contribution in [0.4, 0.5) is 5.69 Å². The molecule has 0 atom stereocenters. The lowest BCUT2D eigenvalue weighted by Crippen LogP contribution is -2.14. The molecule has 0 saturated carbocycles. The highest BCUT2D eigenvalue weighted by Gasteiger charge is 2.07. The molecule has 1 aromatic carbocycles. The second kappa shape index (κ2) is 6.65. The van der Waals surface area contributed by atoms with E-state index in [-0.39, 0.29) is 24.2 Å². The maximum absolute atomic E-state index is 11.4. The van der Waals surface area contributed by atoms with Crippen molar-refractivity contribution >= 4 is 17.6 Å². The topological polar surface area (TPSA) is 97.9 Å². The van der Waals surface area contributed by atoms with Gasteiger partial charge >= 0.3 is 5.97 Å². The molecule has 1 rings (SSSR count). The van der Waals surface area contributed by atoms with Gasteiger partial charge < -0.3 is 15.9 Å². The number of aryl methyl sites for hydroxylation is 2. The van der Waals surface area contributed by atoms with Gasteiger partial charge in [-0.15, -0.1) is 0 Å². The van der Waals surface area contributed by atoms with Gasteiger partial charge in [-0.3, -0.25) is 9.59 Å². The fourth-order valence-corrected chi connectivity index (χ4v) is 1.30. The number of hydrogen-bond donors (Lipinski definition) is 2. The van der Waals surface area contributed by atoms with E-state index in [9.17, 15) is 9.59 Å². The summed E-state index contributed by atoms with van der Waals surface area (Å²) < 4.78 is 0. The molecule has 5 heteroatoms. The molecule has 4 N–H and O–H groups in total. The summed E-state index contributed by atoms with van der Waals surface area (Å²) in [6.07, 6.45) is -0.139. The largest absolute Gasteiger partial charge is 0.481 e. The predicted octanol–water partition coefficient (Wildman–Crippen LogP) is 1.28. The van der Waals surface area contributed by atoms with Crippen LogP contribution in [0.1, 0.15) is 24.0 Å². The number of aliphatic carboxylic acids is 1. The Balaban J connectivity index is 0.00000256. The lowest BCUT2D eigenvalue weighted by molar-refractivity contribution is -0.138. The van der Waals surface area contributed by atoms with Gasteiger partial charge in [-0.05, 0) is 31.0 Å². The molecule has 94 valence electrons. The highest BCUT2D eigenvalue weighted by atomic mass is 16.4. The van der Waals surface area contributed by atoms with E-state index in [4.69, 9.17) is 5.11 Å². The molecule has 0 heterocycles. The molecule has 0 spiro atoms. The number of carbonyl (C=O) groups is 2. The van der Waals surface area contributed by atoms with Crippen LogP contribution in [0.25, 0.3) is 0 Å². The summed E-state index contributed by atoms with van der Waals surface area (Å²) in [4.78, 5) is 21.7. The monoisotopic (exact) mass is 239 g/mol. The lowest BCUT2D eigenvalue weighted by Gasteiger charge is -2.08. The number of carbonyl (C=O) groups excluding carboxylic acids is 1. The summed E-state index contributed by atoms with van der Waals surface area (Å²) in [5, 5.41) is 11.2. The van der Waals surface area contributed by atoms with Crippen molar-refractivity contribution in [2.24, 2.45) is 0 Å². The quantitative estimate of drug-likeness (QED) is 0.828. The molecule has 1 aromatic rings. The van der Waals surface area contributed by atoms with Crippen molar-refractivity contribution < 1.29 is 20.2 Å². The Morgan fingerprint density at radius 3 is 2.47 bits per heavy atom.